The molecule has 0 saturated carbocycles. The van der Waals surface area contributed by atoms with Crippen LogP contribution in [0.2, 0.25) is 10.0 Å². The highest BCUT2D eigenvalue weighted by Gasteiger charge is 2.36. The number of anilines is 1. The molecule has 112 valence electrons. The van der Waals surface area contributed by atoms with Crippen molar-refractivity contribution in [3.8, 4) is 0 Å². The van der Waals surface area contributed by atoms with Crippen LogP contribution in [0, 0.1) is 0 Å². The van der Waals surface area contributed by atoms with Crippen molar-refractivity contribution >= 4 is 29.0 Å². The molecule has 3 rings (SSSR count). The molecule has 1 unspecified atom stereocenters. The van der Waals surface area contributed by atoms with Crippen molar-refractivity contribution in [2.24, 2.45) is 0 Å². The van der Waals surface area contributed by atoms with E-state index in [0.717, 1.165) is 53.1 Å². The Hall–Kier alpha value is -1.19. The smallest absolute Gasteiger partial charge is 0.143 e. The molecule has 21 heavy (non-hydrogen) atoms. The summed E-state index contributed by atoms with van der Waals surface area (Å²) in [5.74, 6) is 0.935. The van der Waals surface area contributed by atoms with Crippen molar-refractivity contribution < 1.29 is 0 Å². The van der Waals surface area contributed by atoms with E-state index in [0.29, 0.717) is 0 Å². The largest absolute Gasteiger partial charge is 0.369 e. The summed E-state index contributed by atoms with van der Waals surface area (Å²) in [5.41, 5.74) is 1.69. The van der Waals surface area contributed by atoms with Crippen LogP contribution in [-0.2, 0) is 12.0 Å². The highest BCUT2D eigenvalue weighted by molar-refractivity contribution is 6.34. The maximum atomic E-state index is 6.62. The molecule has 1 aliphatic rings. The molecule has 1 N–H and O–H groups in total. The number of fused-ring (bicyclic) bond motifs is 1. The monoisotopic (exact) mass is 323 g/mol. The molecule has 1 aromatic carbocycles. The van der Waals surface area contributed by atoms with Gasteiger partial charge in [-0.05, 0) is 31.4 Å². The first-order valence-corrected chi connectivity index (χ1v) is 8.09. The predicted molar refractivity (Wildman–Crippen MR) is 88.5 cm³/mol. The van der Waals surface area contributed by atoms with E-state index < -0.39 is 0 Å². The number of rotatable bonds is 3. The molecule has 3 nitrogen and oxygen atoms in total. The van der Waals surface area contributed by atoms with E-state index in [1.54, 1.807) is 0 Å². The number of nitrogens with zero attached hydrogens (tertiary/aromatic N) is 2. The lowest BCUT2D eigenvalue weighted by Gasteiger charge is -2.28. The molecule has 0 radical (unpaired) electrons. The van der Waals surface area contributed by atoms with E-state index in [9.17, 15) is 0 Å². The van der Waals surface area contributed by atoms with E-state index in [-0.39, 0.29) is 5.41 Å². The molecular weight excluding hydrogens is 305 g/mol. The van der Waals surface area contributed by atoms with Gasteiger partial charge in [-0.15, -0.1) is 0 Å². The van der Waals surface area contributed by atoms with Gasteiger partial charge in [0.25, 0.3) is 0 Å². The van der Waals surface area contributed by atoms with Gasteiger partial charge in [-0.3, -0.25) is 0 Å². The Kier molecular flexibility index (Phi) is 3.89. The van der Waals surface area contributed by atoms with Crippen molar-refractivity contribution in [2.75, 3.05) is 11.9 Å². The first-order valence-electron chi connectivity index (χ1n) is 7.33. The first-order chi connectivity index (χ1) is 10.1. The second-order valence-electron chi connectivity index (χ2n) is 5.68. The Morgan fingerprint density at radius 2 is 2.10 bits per heavy atom. The summed E-state index contributed by atoms with van der Waals surface area (Å²) in [6.07, 6.45) is 1.95. The normalized spacial score (nSPS) is 17.0. The zero-order valence-corrected chi connectivity index (χ0v) is 13.8. The van der Waals surface area contributed by atoms with Crippen LogP contribution in [0.5, 0.6) is 0 Å². The highest BCUT2D eigenvalue weighted by Crippen LogP contribution is 2.43. The van der Waals surface area contributed by atoms with Gasteiger partial charge in [-0.1, -0.05) is 48.3 Å². The zero-order chi connectivity index (χ0) is 15.0. The number of halogens is 2. The third-order valence-electron chi connectivity index (χ3n) is 4.43. The van der Waals surface area contributed by atoms with Gasteiger partial charge in [0.05, 0.1) is 5.69 Å². The van der Waals surface area contributed by atoms with E-state index in [1.807, 2.05) is 22.9 Å². The van der Waals surface area contributed by atoms with Gasteiger partial charge in [-0.25, -0.2) is 4.68 Å². The van der Waals surface area contributed by atoms with E-state index in [4.69, 9.17) is 28.3 Å². The van der Waals surface area contributed by atoms with Crippen molar-refractivity contribution in [3.63, 3.8) is 0 Å². The van der Waals surface area contributed by atoms with Crippen LogP contribution in [0.25, 0.3) is 0 Å². The van der Waals surface area contributed by atoms with Gasteiger partial charge >= 0.3 is 0 Å². The molecule has 0 fully saturated rings. The van der Waals surface area contributed by atoms with Gasteiger partial charge in [0.2, 0.25) is 0 Å². The Morgan fingerprint density at radius 3 is 2.76 bits per heavy atom. The van der Waals surface area contributed by atoms with Crippen LogP contribution in [0.15, 0.2) is 24.3 Å². The Balaban J connectivity index is 2.16. The molecule has 0 aliphatic carbocycles. The third-order valence-corrected chi connectivity index (χ3v) is 5.12. The molecular formula is C16H19Cl2N3. The predicted octanol–water partition coefficient (Wildman–Crippen LogP) is 4.72. The second-order valence-corrected chi connectivity index (χ2v) is 6.47. The molecule has 2 aromatic rings. The van der Waals surface area contributed by atoms with E-state index >= 15 is 0 Å². The SMILES string of the molecule is CCC(C)(c1ccccc1Cl)c1nn2c(c1Cl)NCCC2. The van der Waals surface area contributed by atoms with E-state index in [1.165, 1.54) is 0 Å². The first kappa shape index (κ1) is 14.7. The van der Waals surface area contributed by atoms with Gasteiger partial charge < -0.3 is 5.32 Å². The molecule has 0 bridgehead atoms. The molecule has 1 atom stereocenters. The Labute approximate surface area is 135 Å². The minimum Gasteiger partial charge on any atom is -0.369 e. The number of aromatic nitrogens is 2. The topological polar surface area (TPSA) is 29.9 Å². The summed E-state index contributed by atoms with van der Waals surface area (Å²) in [7, 11) is 0. The van der Waals surface area contributed by atoms with Gasteiger partial charge in [0.1, 0.15) is 10.8 Å². The highest BCUT2D eigenvalue weighted by atomic mass is 35.5. The van der Waals surface area contributed by atoms with Crippen molar-refractivity contribution in [2.45, 2.75) is 38.6 Å². The Bertz CT molecular complexity index is 666. The van der Waals surface area contributed by atoms with Crippen LogP contribution in [0.1, 0.15) is 37.9 Å². The van der Waals surface area contributed by atoms with Crippen LogP contribution < -0.4 is 5.32 Å². The van der Waals surface area contributed by atoms with Gasteiger partial charge in [-0.2, -0.15) is 5.10 Å². The second kappa shape index (κ2) is 5.54. The molecule has 0 saturated heterocycles. The molecule has 2 heterocycles. The zero-order valence-electron chi connectivity index (χ0n) is 12.3. The summed E-state index contributed by atoms with van der Waals surface area (Å²) < 4.78 is 1.98. The molecule has 0 spiro atoms. The summed E-state index contributed by atoms with van der Waals surface area (Å²) in [6, 6.07) is 7.95. The average molecular weight is 324 g/mol. The number of nitrogens with one attached hydrogen (secondary N) is 1. The maximum absolute atomic E-state index is 6.62. The Morgan fingerprint density at radius 1 is 1.33 bits per heavy atom. The summed E-state index contributed by atoms with van der Waals surface area (Å²) in [4.78, 5) is 0. The molecule has 5 heteroatoms. The lowest BCUT2D eigenvalue weighted by atomic mass is 9.77. The maximum Gasteiger partial charge on any atom is 0.143 e. The van der Waals surface area contributed by atoms with Crippen LogP contribution in [-0.4, -0.2) is 16.3 Å². The van der Waals surface area contributed by atoms with Crippen LogP contribution in [0.3, 0.4) is 0 Å². The minimum absolute atomic E-state index is 0.290. The average Bonchev–Trinajstić information content (AvgIpc) is 2.85. The van der Waals surface area contributed by atoms with Crippen molar-refractivity contribution in [3.05, 3.63) is 45.6 Å². The number of hydrogen-bond donors (Lipinski definition) is 1. The number of hydrogen-bond acceptors (Lipinski definition) is 2. The number of benzene rings is 1. The van der Waals surface area contributed by atoms with Gasteiger partial charge in [0.15, 0.2) is 0 Å². The third kappa shape index (κ3) is 2.33. The minimum atomic E-state index is -0.290. The summed E-state index contributed by atoms with van der Waals surface area (Å²) in [6.45, 7) is 6.16. The fraction of sp³-hybridized carbons (Fsp3) is 0.438. The fourth-order valence-corrected chi connectivity index (χ4v) is 3.71. The van der Waals surface area contributed by atoms with Crippen LogP contribution >= 0.6 is 23.2 Å². The van der Waals surface area contributed by atoms with Gasteiger partial charge in [0, 0.05) is 23.5 Å². The molecule has 1 aliphatic heterocycles. The van der Waals surface area contributed by atoms with Crippen molar-refractivity contribution in [1.29, 1.82) is 0 Å². The summed E-state index contributed by atoms with van der Waals surface area (Å²) >= 11 is 13.0. The standard InChI is InChI=1S/C16H19Cl2N3/c1-3-16(2,11-7-4-5-8-12(11)17)14-13(18)15-19-9-6-10-21(15)20-14/h4-5,7-8,19H,3,6,9-10H2,1-2H3. The van der Waals surface area contributed by atoms with Crippen molar-refractivity contribution in [1.82, 2.24) is 9.78 Å². The molecule has 0 amide bonds. The van der Waals surface area contributed by atoms with Crippen LogP contribution in [0.4, 0.5) is 5.82 Å². The lowest BCUT2D eigenvalue weighted by molar-refractivity contribution is 0.500. The quantitative estimate of drug-likeness (QED) is 0.885. The fourth-order valence-electron chi connectivity index (χ4n) is 2.95. The summed E-state index contributed by atoms with van der Waals surface area (Å²) in [5, 5.41) is 9.61. The number of aryl methyl sites for hydroxylation is 1. The lowest BCUT2D eigenvalue weighted by Crippen LogP contribution is -2.24. The molecule has 1 aromatic heterocycles. The van der Waals surface area contributed by atoms with E-state index in [2.05, 4.69) is 25.2 Å².